The van der Waals surface area contributed by atoms with Crippen LogP contribution in [-0.4, -0.2) is 19.2 Å². The number of methoxy groups -OCH3 is 2. The van der Waals surface area contributed by atoms with Crippen molar-refractivity contribution >= 4 is 5.57 Å². The van der Waals surface area contributed by atoms with Crippen LogP contribution in [0.1, 0.15) is 25.1 Å². The van der Waals surface area contributed by atoms with Crippen molar-refractivity contribution in [1.29, 1.82) is 0 Å². The highest BCUT2D eigenvalue weighted by atomic mass is 16.5. The van der Waals surface area contributed by atoms with Crippen LogP contribution in [0.15, 0.2) is 42.2 Å². The smallest absolute Gasteiger partial charge is 0.213 e. The van der Waals surface area contributed by atoms with E-state index < -0.39 is 0 Å². The SMILES string of the molecule is C=C(OC)/C(=C\C=C(C)C)c1ccc(OC)nc1C. The van der Waals surface area contributed by atoms with Gasteiger partial charge in [-0.25, -0.2) is 4.98 Å². The van der Waals surface area contributed by atoms with Crippen LogP contribution in [0.4, 0.5) is 0 Å². The molecule has 1 rings (SSSR count). The highest BCUT2D eigenvalue weighted by molar-refractivity contribution is 5.79. The van der Waals surface area contributed by atoms with Crippen LogP contribution in [-0.2, 0) is 4.74 Å². The molecule has 0 aromatic carbocycles. The maximum Gasteiger partial charge on any atom is 0.213 e. The minimum atomic E-state index is 0.603. The lowest BCUT2D eigenvalue weighted by Crippen LogP contribution is -1.98. The first-order valence-electron chi connectivity index (χ1n) is 6.10. The standard InChI is InChI=1S/C16H21NO2/c1-11(2)7-8-15(13(4)18-5)14-9-10-16(19-6)17-12(14)3/h7-10H,4H2,1-3,5-6H3/b15-8+. The Hall–Kier alpha value is -2.03. The van der Waals surface area contributed by atoms with Crippen LogP contribution in [0.3, 0.4) is 0 Å². The summed E-state index contributed by atoms with van der Waals surface area (Å²) in [6, 6.07) is 3.80. The summed E-state index contributed by atoms with van der Waals surface area (Å²) >= 11 is 0. The molecule has 0 aliphatic heterocycles. The fraction of sp³-hybridized carbons (Fsp3) is 0.312. The molecule has 0 saturated heterocycles. The maximum atomic E-state index is 5.26. The van der Waals surface area contributed by atoms with Gasteiger partial charge in [0.05, 0.1) is 14.2 Å². The number of ether oxygens (including phenoxy) is 2. The summed E-state index contributed by atoms with van der Waals surface area (Å²) in [7, 11) is 3.22. The zero-order valence-electron chi connectivity index (χ0n) is 12.3. The normalized spacial score (nSPS) is 10.9. The van der Waals surface area contributed by atoms with Gasteiger partial charge in [0.15, 0.2) is 0 Å². The van der Waals surface area contributed by atoms with Gasteiger partial charge in [-0.15, -0.1) is 0 Å². The fourth-order valence-electron chi connectivity index (χ4n) is 1.63. The highest BCUT2D eigenvalue weighted by Gasteiger charge is 2.10. The van der Waals surface area contributed by atoms with E-state index in [2.05, 4.69) is 11.6 Å². The number of rotatable bonds is 5. The van der Waals surface area contributed by atoms with Crippen molar-refractivity contribution in [2.24, 2.45) is 0 Å². The van der Waals surface area contributed by atoms with Gasteiger partial charge in [0, 0.05) is 22.9 Å². The molecule has 1 heterocycles. The third-order valence-corrected chi connectivity index (χ3v) is 2.69. The van der Waals surface area contributed by atoms with Gasteiger partial charge in [-0.3, -0.25) is 0 Å². The van der Waals surface area contributed by atoms with Crippen LogP contribution in [0.5, 0.6) is 5.88 Å². The van der Waals surface area contributed by atoms with E-state index >= 15 is 0 Å². The molecule has 0 N–H and O–H groups in total. The van der Waals surface area contributed by atoms with Crippen LogP contribution in [0.25, 0.3) is 5.57 Å². The summed E-state index contributed by atoms with van der Waals surface area (Å²) in [6.07, 6.45) is 4.03. The number of hydrogen-bond acceptors (Lipinski definition) is 3. The molecule has 1 aromatic rings. The molecule has 0 atom stereocenters. The first kappa shape index (κ1) is 15.0. The zero-order valence-corrected chi connectivity index (χ0v) is 12.3. The molecule has 3 nitrogen and oxygen atoms in total. The molecule has 0 radical (unpaired) electrons. The Kier molecular flexibility index (Phi) is 5.37. The lowest BCUT2D eigenvalue weighted by Gasteiger charge is -2.12. The van der Waals surface area contributed by atoms with Crippen LogP contribution in [0.2, 0.25) is 0 Å². The van der Waals surface area contributed by atoms with Gasteiger partial charge in [0.25, 0.3) is 0 Å². The summed E-state index contributed by atoms with van der Waals surface area (Å²) in [6.45, 7) is 9.96. The number of aryl methyl sites for hydroxylation is 1. The summed E-state index contributed by atoms with van der Waals surface area (Å²) in [4.78, 5) is 4.38. The van der Waals surface area contributed by atoms with Gasteiger partial charge < -0.3 is 9.47 Å². The second-order valence-corrected chi connectivity index (χ2v) is 4.44. The summed E-state index contributed by atoms with van der Waals surface area (Å²) in [5.74, 6) is 1.22. The Bertz CT molecular complexity index is 524. The minimum absolute atomic E-state index is 0.603. The van der Waals surface area contributed by atoms with Crippen LogP contribution >= 0.6 is 0 Å². The monoisotopic (exact) mass is 259 g/mol. The largest absolute Gasteiger partial charge is 0.497 e. The van der Waals surface area contributed by atoms with Crippen molar-refractivity contribution in [2.45, 2.75) is 20.8 Å². The molecule has 0 aliphatic carbocycles. The van der Waals surface area contributed by atoms with E-state index in [0.29, 0.717) is 11.6 Å². The van der Waals surface area contributed by atoms with Gasteiger partial charge in [-0.1, -0.05) is 24.3 Å². The maximum absolute atomic E-state index is 5.26. The average molecular weight is 259 g/mol. The molecular weight excluding hydrogens is 238 g/mol. The predicted octanol–water partition coefficient (Wildman–Crippen LogP) is 3.91. The van der Waals surface area contributed by atoms with E-state index in [0.717, 1.165) is 16.8 Å². The van der Waals surface area contributed by atoms with E-state index in [1.54, 1.807) is 14.2 Å². The Labute approximate surface area is 115 Å². The molecule has 1 aromatic heterocycles. The van der Waals surface area contributed by atoms with Gasteiger partial charge in [-0.05, 0) is 26.8 Å². The molecule has 0 bridgehead atoms. The average Bonchev–Trinajstić information content (AvgIpc) is 2.39. The molecule has 19 heavy (non-hydrogen) atoms. The molecule has 0 spiro atoms. The van der Waals surface area contributed by atoms with E-state index in [1.807, 2.05) is 45.1 Å². The van der Waals surface area contributed by atoms with E-state index in [-0.39, 0.29) is 0 Å². The number of allylic oxidation sites excluding steroid dienone is 4. The first-order valence-corrected chi connectivity index (χ1v) is 6.10. The van der Waals surface area contributed by atoms with Crippen molar-refractivity contribution < 1.29 is 9.47 Å². The molecule has 0 saturated carbocycles. The highest BCUT2D eigenvalue weighted by Crippen LogP contribution is 2.26. The lowest BCUT2D eigenvalue weighted by molar-refractivity contribution is 0.313. The summed E-state index contributed by atoms with van der Waals surface area (Å²) in [5.41, 5.74) is 4.01. The molecule has 0 amide bonds. The fourth-order valence-corrected chi connectivity index (χ4v) is 1.63. The number of aromatic nitrogens is 1. The van der Waals surface area contributed by atoms with Gasteiger partial charge >= 0.3 is 0 Å². The van der Waals surface area contributed by atoms with Crippen LogP contribution in [0, 0.1) is 6.92 Å². The summed E-state index contributed by atoms with van der Waals surface area (Å²) in [5, 5.41) is 0. The third-order valence-electron chi connectivity index (χ3n) is 2.69. The predicted molar refractivity (Wildman–Crippen MR) is 79.1 cm³/mol. The van der Waals surface area contributed by atoms with Gasteiger partial charge in [0.1, 0.15) is 5.76 Å². The number of nitrogens with zero attached hydrogens (tertiary/aromatic N) is 1. The van der Waals surface area contributed by atoms with E-state index in [9.17, 15) is 0 Å². The molecule has 0 fully saturated rings. The van der Waals surface area contributed by atoms with E-state index in [1.165, 1.54) is 5.57 Å². The number of pyridine rings is 1. The van der Waals surface area contributed by atoms with Gasteiger partial charge in [-0.2, -0.15) is 0 Å². The molecule has 3 heteroatoms. The van der Waals surface area contributed by atoms with Crippen molar-refractivity contribution in [2.75, 3.05) is 14.2 Å². The molecule has 102 valence electrons. The van der Waals surface area contributed by atoms with Crippen molar-refractivity contribution in [3.05, 3.63) is 53.5 Å². The molecule has 0 unspecified atom stereocenters. The Morgan fingerprint density at radius 2 is 1.89 bits per heavy atom. The Morgan fingerprint density at radius 1 is 1.21 bits per heavy atom. The third kappa shape index (κ3) is 3.98. The Balaban J connectivity index is 3.29. The molecular formula is C16H21NO2. The Morgan fingerprint density at radius 3 is 2.37 bits per heavy atom. The second-order valence-electron chi connectivity index (χ2n) is 4.44. The second kappa shape index (κ2) is 6.78. The first-order chi connectivity index (χ1) is 8.99. The van der Waals surface area contributed by atoms with Gasteiger partial charge in [0.2, 0.25) is 5.88 Å². The van der Waals surface area contributed by atoms with E-state index in [4.69, 9.17) is 9.47 Å². The zero-order chi connectivity index (χ0) is 14.4. The number of hydrogen-bond donors (Lipinski definition) is 0. The van der Waals surface area contributed by atoms with Crippen molar-refractivity contribution in [3.8, 4) is 5.88 Å². The summed E-state index contributed by atoms with van der Waals surface area (Å²) < 4.78 is 10.4. The molecule has 0 aliphatic rings. The lowest BCUT2D eigenvalue weighted by atomic mass is 10.0. The van der Waals surface area contributed by atoms with Crippen molar-refractivity contribution in [3.63, 3.8) is 0 Å². The van der Waals surface area contributed by atoms with Crippen LogP contribution < -0.4 is 4.74 Å². The van der Waals surface area contributed by atoms with Crippen molar-refractivity contribution in [1.82, 2.24) is 4.98 Å². The quantitative estimate of drug-likeness (QED) is 0.593. The minimum Gasteiger partial charge on any atom is -0.497 e. The topological polar surface area (TPSA) is 31.4 Å².